The molecule has 0 saturated heterocycles. The summed E-state index contributed by atoms with van der Waals surface area (Å²) in [5, 5.41) is 0.294. The van der Waals surface area contributed by atoms with Gasteiger partial charge in [-0.05, 0) is 31.4 Å². The number of rotatable bonds is 7. The molecule has 1 fully saturated rings. The minimum Gasteiger partial charge on any atom is -0.298 e. The molecule has 1 unspecified atom stereocenters. The van der Waals surface area contributed by atoms with E-state index in [-0.39, 0.29) is 4.84 Å². The first kappa shape index (κ1) is 14.7. The van der Waals surface area contributed by atoms with Gasteiger partial charge in [-0.3, -0.25) is 4.79 Å². The van der Waals surface area contributed by atoms with Crippen molar-refractivity contribution in [3.63, 3.8) is 0 Å². The van der Waals surface area contributed by atoms with Crippen molar-refractivity contribution in [2.24, 2.45) is 0 Å². The zero-order valence-corrected chi connectivity index (χ0v) is 11.9. The van der Waals surface area contributed by atoms with E-state index in [2.05, 4.69) is 0 Å². The lowest BCUT2D eigenvalue weighted by atomic mass is 9.99. The van der Waals surface area contributed by atoms with Gasteiger partial charge in [-0.2, -0.15) is 11.8 Å². The van der Waals surface area contributed by atoms with E-state index in [4.69, 9.17) is 23.2 Å². The van der Waals surface area contributed by atoms with Gasteiger partial charge in [0, 0.05) is 6.42 Å². The number of Topliss-reactive ketones (excluding diaryl/α,β-unsaturated/α-hetero) is 1. The van der Waals surface area contributed by atoms with Crippen LogP contribution in [0.2, 0.25) is 0 Å². The van der Waals surface area contributed by atoms with E-state index in [0.29, 0.717) is 11.0 Å². The highest BCUT2D eigenvalue weighted by molar-refractivity contribution is 8.00. The van der Waals surface area contributed by atoms with E-state index in [0.717, 1.165) is 37.9 Å². The van der Waals surface area contributed by atoms with Crippen molar-refractivity contribution in [1.29, 1.82) is 0 Å². The van der Waals surface area contributed by atoms with Gasteiger partial charge in [0.25, 0.3) is 0 Å². The van der Waals surface area contributed by atoms with Crippen LogP contribution in [0, 0.1) is 0 Å². The molecule has 4 heteroatoms. The molecule has 0 amide bonds. The molecule has 0 aliphatic heterocycles. The van der Waals surface area contributed by atoms with E-state index in [1.54, 1.807) is 0 Å². The van der Waals surface area contributed by atoms with Crippen LogP contribution < -0.4 is 0 Å². The van der Waals surface area contributed by atoms with Crippen molar-refractivity contribution in [3.05, 3.63) is 0 Å². The predicted octanol–water partition coefficient (Wildman–Crippen LogP) is 4.60. The molecule has 1 rings (SSSR count). The van der Waals surface area contributed by atoms with E-state index >= 15 is 0 Å². The van der Waals surface area contributed by atoms with Gasteiger partial charge < -0.3 is 0 Å². The molecule has 0 aromatic heterocycles. The quantitative estimate of drug-likeness (QED) is 0.502. The summed E-state index contributed by atoms with van der Waals surface area (Å²) >= 11 is 13.1. The summed E-state index contributed by atoms with van der Waals surface area (Å²) < 4.78 is 0. The maximum absolute atomic E-state index is 11.5. The number of unbranched alkanes of at least 4 members (excludes halogenated alkanes) is 2. The zero-order chi connectivity index (χ0) is 11.8. The number of ketones is 1. The summed E-state index contributed by atoms with van der Waals surface area (Å²) in [6, 6.07) is 0. The summed E-state index contributed by atoms with van der Waals surface area (Å²) in [6.45, 7) is 0. The number of hydrogen-bond acceptors (Lipinski definition) is 2. The van der Waals surface area contributed by atoms with Crippen molar-refractivity contribution < 1.29 is 4.79 Å². The van der Waals surface area contributed by atoms with E-state index < -0.39 is 0 Å². The number of alkyl halides is 2. The molecule has 1 nitrogen and oxygen atoms in total. The standard InChI is InChI=1S/C12H20Cl2OS/c13-12(14)8-2-1-5-9-16-11-7-4-3-6-10(11)15/h11-12H,1-9H2. The summed E-state index contributed by atoms with van der Waals surface area (Å²) in [5.74, 6) is 1.57. The van der Waals surface area contributed by atoms with Gasteiger partial charge in [0.1, 0.15) is 10.6 Å². The first-order valence-corrected chi connectivity index (χ1v) is 8.05. The van der Waals surface area contributed by atoms with Crippen molar-refractivity contribution >= 4 is 40.7 Å². The van der Waals surface area contributed by atoms with Gasteiger partial charge in [-0.1, -0.05) is 19.3 Å². The van der Waals surface area contributed by atoms with Gasteiger partial charge in [0.15, 0.2) is 0 Å². The van der Waals surface area contributed by atoms with Crippen LogP contribution in [0.5, 0.6) is 0 Å². The topological polar surface area (TPSA) is 17.1 Å². The molecule has 0 aromatic carbocycles. The fourth-order valence-electron chi connectivity index (χ4n) is 1.93. The number of carbonyl (C=O) groups excluding carboxylic acids is 1. The second-order valence-electron chi connectivity index (χ2n) is 4.31. The summed E-state index contributed by atoms with van der Waals surface area (Å²) in [7, 11) is 0. The van der Waals surface area contributed by atoms with Crippen LogP contribution in [-0.2, 0) is 4.79 Å². The molecular weight excluding hydrogens is 263 g/mol. The van der Waals surface area contributed by atoms with Crippen molar-refractivity contribution in [2.75, 3.05) is 5.75 Å². The Morgan fingerprint density at radius 2 is 2.06 bits per heavy atom. The second kappa shape index (κ2) is 8.66. The van der Waals surface area contributed by atoms with Gasteiger partial charge in [0.05, 0.1) is 5.25 Å². The molecule has 94 valence electrons. The third-order valence-electron chi connectivity index (χ3n) is 2.88. The Bertz CT molecular complexity index is 209. The van der Waals surface area contributed by atoms with Crippen LogP contribution in [0.15, 0.2) is 0 Å². The third-order valence-corrected chi connectivity index (χ3v) is 4.75. The minimum absolute atomic E-state index is 0.215. The lowest BCUT2D eigenvalue weighted by Gasteiger charge is -2.19. The van der Waals surface area contributed by atoms with Gasteiger partial charge >= 0.3 is 0 Å². The molecule has 1 aliphatic carbocycles. The van der Waals surface area contributed by atoms with Crippen molar-refractivity contribution in [2.45, 2.75) is 61.5 Å². The lowest BCUT2D eigenvalue weighted by molar-refractivity contribution is -0.119. The Morgan fingerprint density at radius 1 is 1.25 bits per heavy atom. The number of hydrogen-bond donors (Lipinski definition) is 0. The number of halogens is 2. The number of carbonyl (C=O) groups is 1. The molecule has 0 bridgehead atoms. The van der Waals surface area contributed by atoms with E-state index in [9.17, 15) is 4.79 Å². The highest BCUT2D eigenvalue weighted by atomic mass is 35.5. The molecular formula is C12H20Cl2OS. The lowest BCUT2D eigenvalue weighted by Crippen LogP contribution is -2.21. The average molecular weight is 283 g/mol. The molecule has 0 heterocycles. The Labute approximate surface area is 113 Å². The van der Waals surface area contributed by atoms with Crippen LogP contribution in [0.4, 0.5) is 0 Å². The molecule has 1 aliphatic rings. The van der Waals surface area contributed by atoms with Gasteiger partial charge in [-0.15, -0.1) is 23.2 Å². The number of thioether (sulfide) groups is 1. The van der Waals surface area contributed by atoms with Crippen LogP contribution in [0.1, 0.15) is 51.4 Å². The van der Waals surface area contributed by atoms with Crippen LogP contribution >= 0.6 is 35.0 Å². The summed E-state index contributed by atoms with van der Waals surface area (Å²) in [4.78, 5) is 11.3. The van der Waals surface area contributed by atoms with Gasteiger partial charge in [0.2, 0.25) is 0 Å². The predicted molar refractivity (Wildman–Crippen MR) is 73.7 cm³/mol. The monoisotopic (exact) mass is 282 g/mol. The maximum Gasteiger partial charge on any atom is 0.145 e. The Morgan fingerprint density at radius 3 is 2.75 bits per heavy atom. The molecule has 0 radical (unpaired) electrons. The van der Waals surface area contributed by atoms with Crippen molar-refractivity contribution in [3.8, 4) is 0 Å². The summed E-state index contributed by atoms with van der Waals surface area (Å²) in [5.41, 5.74) is 0. The molecule has 1 saturated carbocycles. The van der Waals surface area contributed by atoms with Gasteiger partial charge in [-0.25, -0.2) is 0 Å². The van der Waals surface area contributed by atoms with Crippen LogP contribution in [0.3, 0.4) is 0 Å². The normalized spacial score (nSPS) is 21.7. The highest BCUT2D eigenvalue weighted by Gasteiger charge is 2.21. The highest BCUT2D eigenvalue weighted by Crippen LogP contribution is 2.26. The molecule has 0 N–H and O–H groups in total. The largest absolute Gasteiger partial charge is 0.298 e. The second-order valence-corrected chi connectivity index (χ2v) is 6.90. The zero-order valence-electron chi connectivity index (χ0n) is 9.59. The third kappa shape index (κ3) is 6.36. The molecule has 0 aromatic rings. The first-order valence-electron chi connectivity index (χ1n) is 6.12. The van der Waals surface area contributed by atoms with Crippen LogP contribution in [-0.4, -0.2) is 21.6 Å². The SMILES string of the molecule is O=C1CCCCC1SCCCCCC(Cl)Cl. The Kier molecular flexibility index (Phi) is 7.93. The fraction of sp³-hybridized carbons (Fsp3) is 0.917. The van der Waals surface area contributed by atoms with E-state index in [1.165, 1.54) is 19.3 Å². The average Bonchev–Trinajstić information content (AvgIpc) is 2.25. The molecule has 16 heavy (non-hydrogen) atoms. The molecule has 0 spiro atoms. The maximum atomic E-state index is 11.5. The van der Waals surface area contributed by atoms with E-state index in [1.807, 2.05) is 11.8 Å². The Balaban J connectivity index is 1.96. The molecule has 1 atom stereocenters. The van der Waals surface area contributed by atoms with Crippen LogP contribution in [0.25, 0.3) is 0 Å². The summed E-state index contributed by atoms with van der Waals surface area (Å²) in [6.07, 6.45) is 8.55. The first-order chi connectivity index (χ1) is 7.70. The minimum atomic E-state index is -0.215. The smallest absolute Gasteiger partial charge is 0.145 e. The Hall–Kier alpha value is 0.600. The van der Waals surface area contributed by atoms with Crippen molar-refractivity contribution in [1.82, 2.24) is 0 Å². The fourth-order valence-corrected chi connectivity index (χ4v) is 3.53.